The highest BCUT2D eigenvalue weighted by Gasteiger charge is 2.40. The number of nitrogens with zero attached hydrogens (tertiary/aromatic N) is 1. The summed E-state index contributed by atoms with van der Waals surface area (Å²) in [5.41, 5.74) is 0. The van der Waals surface area contributed by atoms with Crippen LogP contribution in [0.2, 0.25) is 0 Å². The molecule has 1 saturated carbocycles. The van der Waals surface area contributed by atoms with E-state index in [4.69, 9.17) is 9.52 Å². The lowest BCUT2D eigenvalue weighted by molar-refractivity contribution is -0.143. The van der Waals surface area contributed by atoms with Crippen molar-refractivity contribution in [1.29, 1.82) is 0 Å². The molecule has 1 aliphatic heterocycles. The number of carbonyl (C=O) groups excluding carboxylic acids is 2. The first-order valence-electron chi connectivity index (χ1n) is 7.38. The van der Waals surface area contributed by atoms with Crippen molar-refractivity contribution in [3.05, 3.63) is 24.2 Å². The molecule has 1 saturated heterocycles. The molecule has 0 radical (unpaired) electrons. The Bertz CT molecular complexity index is 579. The van der Waals surface area contributed by atoms with Crippen LogP contribution in [-0.4, -0.2) is 40.4 Å². The number of likely N-dealkylation sites (tertiary alicyclic amines) is 1. The SMILES string of the molecule is O=C(NC(C(=O)O)C1CC1)C1CC(=O)N(Cc2ccco2)C1. The smallest absolute Gasteiger partial charge is 0.326 e. The van der Waals surface area contributed by atoms with E-state index in [2.05, 4.69) is 5.32 Å². The van der Waals surface area contributed by atoms with E-state index in [1.165, 1.54) is 6.26 Å². The van der Waals surface area contributed by atoms with E-state index in [0.717, 1.165) is 12.8 Å². The minimum atomic E-state index is -1.01. The van der Waals surface area contributed by atoms with Gasteiger partial charge < -0.3 is 19.7 Å². The van der Waals surface area contributed by atoms with E-state index in [9.17, 15) is 14.4 Å². The molecule has 2 atom stereocenters. The van der Waals surface area contributed by atoms with Crippen LogP contribution in [0.3, 0.4) is 0 Å². The Labute approximate surface area is 127 Å². The molecule has 3 rings (SSSR count). The van der Waals surface area contributed by atoms with Gasteiger partial charge in [0.15, 0.2) is 0 Å². The Balaban J connectivity index is 1.57. The zero-order chi connectivity index (χ0) is 15.7. The molecule has 2 amide bonds. The summed E-state index contributed by atoms with van der Waals surface area (Å²) in [7, 11) is 0. The normalized spacial score (nSPS) is 22.6. The van der Waals surface area contributed by atoms with Crippen molar-refractivity contribution >= 4 is 17.8 Å². The first-order chi connectivity index (χ1) is 10.5. The summed E-state index contributed by atoms with van der Waals surface area (Å²) < 4.78 is 5.20. The molecule has 2 N–H and O–H groups in total. The first kappa shape index (κ1) is 14.6. The summed E-state index contributed by atoms with van der Waals surface area (Å²) in [4.78, 5) is 36.9. The van der Waals surface area contributed by atoms with Gasteiger partial charge in [0.25, 0.3) is 0 Å². The predicted molar refractivity (Wildman–Crippen MR) is 74.5 cm³/mol. The summed E-state index contributed by atoms with van der Waals surface area (Å²) in [5, 5.41) is 11.7. The van der Waals surface area contributed by atoms with Crippen molar-refractivity contribution in [2.75, 3.05) is 6.54 Å². The molecular formula is C15H18N2O5. The molecule has 2 aliphatic rings. The maximum Gasteiger partial charge on any atom is 0.326 e. The molecule has 2 unspecified atom stereocenters. The Morgan fingerprint density at radius 3 is 2.82 bits per heavy atom. The van der Waals surface area contributed by atoms with Crippen molar-refractivity contribution in [3.8, 4) is 0 Å². The summed E-state index contributed by atoms with van der Waals surface area (Å²) in [6, 6.07) is 2.68. The quantitative estimate of drug-likeness (QED) is 0.802. The standard InChI is InChI=1S/C15H18N2O5/c18-12-6-10(7-17(12)8-11-2-1-5-22-11)14(19)16-13(15(20)21)9-3-4-9/h1-2,5,9-10,13H,3-4,6-8H2,(H,16,19)(H,20,21). The van der Waals surface area contributed by atoms with E-state index in [1.807, 2.05) is 0 Å². The van der Waals surface area contributed by atoms with Gasteiger partial charge in [-0.1, -0.05) is 0 Å². The van der Waals surface area contributed by atoms with Crippen molar-refractivity contribution in [1.82, 2.24) is 10.2 Å². The van der Waals surface area contributed by atoms with E-state index >= 15 is 0 Å². The number of hydrogen-bond acceptors (Lipinski definition) is 4. The zero-order valence-electron chi connectivity index (χ0n) is 12.0. The minimum Gasteiger partial charge on any atom is -0.480 e. The highest BCUT2D eigenvalue weighted by Crippen LogP contribution is 2.33. The zero-order valence-corrected chi connectivity index (χ0v) is 12.0. The second-order valence-electron chi connectivity index (χ2n) is 5.92. The third-order valence-corrected chi connectivity index (χ3v) is 4.17. The number of carboxylic acid groups (broad SMARTS) is 1. The van der Waals surface area contributed by atoms with Gasteiger partial charge >= 0.3 is 5.97 Å². The summed E-state index contributed by atoms with van der Waals surface area (Å²) in [6.45, 7) is 0.628. The van der Waals surface area contributed by atoms with Crippen LogP contribution in [0.5, 0.6) is 0 Å². The fourth-order valence-corrected chi connectivity index (χ4v) is 2.77. The van der Waals surface area contributed by atoms with Crippen LogP contribution in [0, 0.1) is 11.8 Å². The Morgan fingerprint density at radius 1 is 1.45 bits per heavy atom. The van der Waals surface area contributed by atoms with Crippen molar-refractivity contribution in [3.63, 3.8) is 0 Å². The maximum absolute atomic E-state index is 12.2. The van der Waals surface area contributed by atoms with Crippen LogP contribution in [0.1, 0.15) is 25.0 Å². The Hall–Kier alpha value is -2.31. The Morgan fingerprint density at radius 2 is 2.23 bits per heavy atom. The molecule has 22 heavy (non-hydrogen) atoms. The topological polar surface area (TPSA) is 99.8 Å². The number of carboxylic acids is 1. The molecule has 2 heterocycles. The van der Waals surface area contributed by atoms with Gasteiger partial charge in [0, 0.05) is 13.0 Å². The molecule has 1 aromatic heterocycles. The predicted octanol–water partition coefficient (Wildman–Crippen LogP) is 0.607. The van der Waals surface area contributed by atoms with Gasteiger partial charge in [-0.25, -0.2) is 4.79 Å². The van der Waals surface area contributed by atoms with Gasteiger partial charge in [-0.05, 0) is 30.9 Å². The molecule has 1 aromatic rings. The lowest BCUT2D eigenvalue weighted by Gasteiger charge is -2.17. The van der Waals surface area contributed by atoms with Crippen molar-refractivity contribution in [2.24, 2.45) is 11.8 Å². The summed E-state index contributed by atoms with van der Waals surface area (Å²) in [6.07, 6.45) is 3.30. The van der Waals surface area contributed by atoms with Crippen molar-refractivity contribution < 1.29 is 23.9 Å². The van der Waals surface area contributed by atoms with Crippen LogP contribution < -0.4 is 5.32 Å². The Kier molecular flexibility index (Phi) is 3.87. The van der Waals surface area contributed by atoms with Gasteiger partial charge in [0.1, 0.15) is 11.8 Å². The number of furan rings is 1. The van der Waals surface area contributed by atoms with Crippen LogP contribution in [0.15, 0.2) is 22.8 Å². The van der Waals surface area contributed by atoms with Gasteiger partial charge in [0.05, 0.1) is 18.7 Å². The number of amides is 2. The average Bonchev–Trinajstić information content (AvgIpc) is 3.06. The number of hydrogen-bond donors (Lipinski definition) is 2. The monoisotopic (exact) mass is 306 g/mol. The largest absolute Gasteiger partial charge is 0.480 e. The van der Waals surface area contributed by atoms with Crippen LogP contribution >= 0.6 is 0 Å². The van der Waals surface area contributed by atoms with Crippen LogP contribution in [0.4, 0.5) is 0 Å². The molecular weight excluding hydrogens is 288 g/mol. The molecule has 2 fully saturated rings. The number of aliphatic carboxylic acids is 1. The van der Waals surface area contributed by atoms with E-state index < -0.39 is 17.9 Å². The van der Waals surface area contributed by atoms with Gasteiger partial charge in [-0.15, -0.1) is 0 Å². The number of carbonyl (C=O) groups is 3. The molecule has 0 bridgehead atoms. The third kappa shape index (κ3) is 3.13. The molecule has 0 aromatic carbocycles. The molecule has 0 spiro atoms. The molecule has 7 heteroatoms. The highest BCUT2D eigenvalue weighted by atomic mass is 16.4. The fraction of sp³-hybridized carbons (Fsp3) is 0.533. The first-order valence-corrected chi connectivity index (χ1v) is 7.38. The lowest BCUT2D eigenvalue weighted by atomic mass is 10.1. The molecule has 7 nitrogen and oxygen atoms in total. The average molecular weight is 306 g/mol. The van der Waals surface area contributed by atoms with E-state index in [0.29, 0.717) is 18.8 Å². The maximum atomic E-state index is 12.2. The highest BCUT2D eigenvalue weighted by molar-refractivity contribution is 5.91. The molecule has 118 valence electrons. The summed E-state index contributed by atoms with van der Waals surface area (Å²) >= 11 is 0. The summed E-state index contributed by atoms with van der Waals surface area (Å²) in [5.74, 6) is -1.28. The second-order valence-corrected chi connectivity index (χ2v) is 5.92. The van der Waals surface area contributed by atoms with E-state index in [-0.39, 0.29) is 24.2 Å². The second kappa shape index (κ2) is 5.82. The number of nitrogens with one attached hydrogen (secondary N) is 1. The van der Waals surface area contributed by atoms with Gasteiger partial charge in [0.2, 0.25) is 11.8 Å². The molecule has 1 aliphatic carbocycles. The number of rotatable bonds is 6. The minimum absolute atomic E-state index is 0.0257. The van der Waals surface area contributed by atoms with Crippen molar-refractivity contribution in [2.45, 2.75) is 31.8 Å². The third-order valence-electron chi connectivity index (χ3n) is 4.17. The van der Waals surface area contributed by atoms with Gasteiger partial charge in [-0.2, -0.15) is 0 Å². The van der Waals surface area contributed by atoms with Crippen LogP contribution in [0.25, 0.3) is 0 Å². The van der Waals surface area contributed by atoms with Gasteiger partial charge in [-0.3, -0.25) is 9.59 Å². The fourth-order valence-electron chi connectivity index (χ4n) is 2.77. The van der Waals surface area contributed by atoms with E-state index in [1.54, 1.807) is 17.0 Å². The van der Waals surface area contributed by atoms with Crippen LogP contribution in [-0.2, 0) is 20.9 Å². The lowest BCUT2D eigenvalue weighted by Crippen LogP contribution is -2.45.